The lowest BCUT2D eigenvalue weighted by Gasteiger charge is -2.08. The van der Waals surface area contributed by atoms with Crippen molar-refractivity contribution in [2.24, 2.45) is 0 Å². The van der Waals surface area contributed by atoms with E-state index in [4.69, 9.17) is 5.73 Å². The molecule has 0 saturated heterocycles. The van der Waals surface area contributed by atoms with Crippen LogP contribution in [0.5, 0.6) is 0 Å². The van der Waals surface area contributed by atoms with Crippen LogP contribution < -0.4 is 11.1 Å². The van der Waals surface area contributed by atoms with Gasteiger partial charge in [-0.15, -0.1) is 0 Å². The van der Waals surface area contributed by atoms with Crippen molar-refractivity contribution < 1.29 is 4.39 Å². The Kier molecular flexibility index (Phi) is 3.00. The van der Waals surface area contributed by atoms with Gasteiger partial charge in [0.1, 0.15) is 5.82 Å². The van der Waals surface area contributed by atoms with Gasteiger partial charge in [0.25, 0.3) is 0 Å². The molecule has 0 radical (unpaired) electrons. The molecular weight excluding hydrogens is 205 g/mol. The molecule has 0 aliphatic rings. The average molecular weight is 217 g/mol. The average Bonchev–Trinajstić information content (AvgIpc) is 2.29. The normalized spacial score (nSPS) is 10.1. The quantitative estimate of drug-likeness (QED) is 0.776. The number of benzene rings is 1. The number of hydrogen-bond acceptors (Lipinski definition) is 3. The highest BCUT2D eigenvalue weighted by Gasteiger charge is 2.00. The molecule has 0 atom stereocenters. The van der Waals surface area contributed by atoms with Gasteiger partial charge in [-0.2, -0.15) is 0 Å². The molecule has 2 rings (SSSR count). The fourth-order valence-electron chi connectivity index (χ4n) is 1.39. The van der Waals surface area contributed by atoms with E-state index < -0.39 is 0 Å². The minimum Gasteiger partial charge on any atom is -0.397 e. The summed E-state index contributed by atoms with van der Waals surface area (Å²) >= 11 is 0. The molecule has 0 aliphatic heterocycles. The van der Waals surface area contributed by atoms with Crippen LogP contribution in [0, 0.1) is 5.82 Å². The van der Waals surface area contributed by atoms with E-state index >= 15 is 0 Å². The molecule has 3 N–H and O–H groups in total. The number of aromatic nitrogens is 1. The van der Waals surface area contributed by atoms with E-state index in [9.17, 15) is 4.39 Å². The predicted molar refractivity (Wildman–Crippen MR) is 62.4 cm³/mol. The van der Waals surface area contributed by atoms with Gasteiger partial charge in [0, 0.05) is 18.9 Å². The number of hydrogen-bond donors (Lipinski definition) is 2. The Labute approximate surface area is 93.1 Å². The van der Waals surface area contributed by atoms with Gasteiger partial charge in [-0.3, -0.25) is 4.98 Å². The number of nitrogens with zero attached hydrogens (tertiary/aromatic N) is 1. The topological polar surface area (TPSA) is 50.9 Å². The predicted octanol–water partition coefficient (Wildman–Crippen LogP) is 2.42. The lowest BCUT2D eigenvalue weighted by atomic mass is 10.2. The van der Waals surface area contributed by atoms with Crippen LogP contribution in [0.15, 0.2) is 42.7 Å². The van der Waals surface area contributed by atoms with Crippen molar-refractivity contribution in [2.45, 2.75) is 6.54 Å². The fourth-order valence-corrected chi connectivity index (χ4v) is 1.39. The van der Waals surface area contributed by atoms with Gasteiger partial charge in [0.2, 0.25) is 0 Å². The van der Waals surface area contributed by atoms with Crippen molar-refractivity contribution in [2.75, 3.05) is 11.1 Å². The van der Waals surface area contributed by atoms with Gasteiger partial charge < -0.3 is 11.1 Å². The summed E-state index contributed by atoms with van der Waals surface area (Å²) < 4.78 is 12.8. The van der Waals surface area contributed by atoms with E-state index in [-0.39, 0.29) is 5.82 Å². The first-order valence-electron chi connectivity index (χ1n) is 4.93. The zero-order valence-corrected chi connectivity index (χ0v) is 8.65. The molecule has 0 unspecified atom stereocenters. The highest BCUT2D eigenvalue weighted by Crippen LogP contribution is 2.19. The Morgan fingerprint density at radius 1 is 1.19 bits per heavy atom. The minimum atomic E-state index is -0.327. The molecule has 2 aromatic rings. The van der Waals surface area contributed by atoms with Gasteiger partial charge in [-0.1, -0.05) is 0 Å². The first-order chi connectivity index (χ1) is 7.75. The Morgan fingerprint density at radius 2 is 1.94 bits per heavy atom. The number of nitrogens with one attached hydrogen (secondary N) is 1. The van der Waals surface area contributed by atoms with Gasteiger partial charge in [-0.05, 0) is 35.9 Å². The molecule has 0 saturated carbocycles. The van der Waals surface area contributed by atoms with E-state index in [1.807, 2.05) is 12.1 Å². The third kappa shape index (κ3) is 2.48. The van der Waals surface area contributed by atoms with E-state index in [1.54, 1.807) is 18.5 Å². The zero-order chi connectivity index (χ0) is 11.4. The van der Waals surface area contributed by atoms with E-state index in [0.717, 1.165) is 11.3 Å². The van der Waals surface area contributed by atoms with Crippen LogP contribution in [0.3, 0.4) is 0 Å². The maximum Gasteiger partial charge on any atom is 0.125 e. The van der Waals surface area contributed by atoms with Crippen molar-refractivity contribution in [3.05, 3.63) is 54.1 Å². The molecule has 0 amide bonds. The second-order valence-electron chi connectivity index (χ2n) is 3.44. The van der Waals surface area contributed by atoms with E-state index in [2.05, 4.69) is 10.3 Å². The smallest absolute Gasteiger partial charge is 0.125 e. The van der Waals surface area contributed by atoms with Crippen molar-refractivity contribution in [1.29, 1.82) is 0 Å². The standard InChI is InChI=1S/C12H12FN3/c13-10-1-2-12(11(14)7-10)16-8-9-3-5-15-6-4-9/h1-7,16H,8,14H2. The Hall–Kier alpha value is -2.10. The summed E-state index contributed by atoms with van der Waals surface area (Å²) in [6.45, 7) is 0.637. The Balaban J connectivity index is 2.05. The summed E-state index contributed by atoms with van der Waals surface area (Å²) in [5.74, 6) is -0.327. The van der Waals surface area contributed by atoms with Gasteiger partial charge in [-0.25, -0.2) is 4.39 Å². The molecule has 4 heteroatoms. The summed E-state index contributed by atoms with van der Waals surface area (Å²) in [6, 6.07) is 8.13. The number of pyridine rings is 1. The third-order valence-electron chi connectivity index (χ3n) is 2.25. The maximum atomic E-state index is 12.8. The molecule has 82 valence electrons. The Morgan fingerprint density at radius 3 is 2.62 bits per heavy atom. The molecule has 3 nitrogen and oxygen atoms in total. The highest BCUT2D eigenvalue weighted by atomic mass is 19.1. The number of nitrogens with two attached hydrogens (primary N) is 1. The molecule has 0 spiro atoms. The third-order valence-corrected chi connectivity index (χ3v) is 2.25. The summed E-state index contributed by atoms with van der Waals surface area (Å²) in [5.41, 5.74) is 7.91. The lowest BCUT2D eigenvalue weighted by Crippen LogP contribution is -2.02. The monoisotopic (exact) mass is 217 g/mol. The van der Waals surface area contributed by atoms with Crippen molar-refractivity contribution >= 4 is 11.4 Å². The minimum absolute atomic E-state index is 0.327. The second-order valence-corrected chi connectivity index (χ2v) is 3.44. The molecule has 1 aromatic carbocycles. The fraction of sp³-hybridized carbons (Fsp3) is 0.0833. The maximum absolute atomic E-state index is 12.8. The largest absolute Gasteiger partial charge is 0.397 e. The molecular formula is C12H12FN3. The molecule has 0 bridgehead atoms. The van der Waals surface area contributed by atoms with Crippen LogP contribution in [-0.4, -0.2) is 4.98 Å². The van der Waals surface area contributed by atoms with Crippen LogP contribution >= 0.6 is 0 Å². The molecule has 1 aromatic heterocycles. The number of nitrogen functional groups attached to an aromatic ring is 1. The molecule has 1 heterocycles. The van der Waals surface area contributed by atoms with Crippen LogP contribution in [0.4, 0.5) is 15.8 Å². The molecule has 16 heavy (non-hydrogen) atoms. The van der Waals surface area contributed by atoms with Crippen LogP contribution in [0.2, 0.25) is 0 Å². The van der Waals surface area contributed by atoms with Gasteiger partial charge in [0.05, 0.1) is 11.4 Å². The van der Waals surface area contributed by atoms with Gasteiger partial charge >= 0.3 is 0 Å². The number of rotatable bonds is 3. The van der Waals surface area contributed by atoms with Gasteiger partial charge in [0.15, 0.2) is 0 Å². The zero-order valence-electron chi connectivity index (χ0n) is 8.65. The number of halogens is 1. The van der Waals surface area contributed by atoms with Crippen LogP contribution in [-0.2, 0) is 6.54 Å². The Bertz CT molecular complexity index is 471. The van der Waals surface area contributed by atoms with Crippen molar-refractivity contribution in [3.63, 3.8) is 0 Å². The first kappa shape index (κ1) is 10.4. The van der Waals surface area contributed by atoms with Crippen LogP contribution in [0.25, 0.3) is 0 Å². The van der Waals surface area contributed by atoms with E-state index in [1.165, 1.54) is 12.1 Å². The summed E-state index contributed by atoms with van der Waals surface area (Å²) in [5, 5.41) is 3.14. The first-order valence-corrected chi connectivity index (χ1v) is 4.93. The summed E-state index contributed by atoms with van der Waals surface area (Å²) in [4.78, 5) is 3.93. The lowest BCUT2D eigenvalue weighted by molar-refractivity contribution is 0.628. The summed E-state index contributed by atoms with van der Waals surface area (Å²) in [7, 11) is 0. The molecule has 0 fully saturated rings. The summed E-state index contributed by atoms with van der Waals surface area (Å²) in [6.07, 6.45) is 3.45. The van der Waals surface area contributed by atoms with Crippen LogP contribution in [0.1, 0.15) is 5.56 Å². The SMILES string of the molecule is Nc1cc(F)ccc1NCc1ccncc1. The van der Waals surface area contributed by atoms with Crippen molar-refractivity contribution in [1.82, 2.24) is 4.98 Å². The van der Waals surface area contributed by atoms with Crippen molar-refractivity contribution in [3.8, 4) is 0 Å². The highest BCUT2D eigenvalue weighted by molar-refractivity contribution is 5.65. The van der Waals surface area contributed by atoms with E-state index in [0.29, 0.717) is 12.2 Å². The second kappa shape index (κ2) is 4.61. The number of anilines is 2. The molecule has 0 aliphatic carbocycles.